The quantitative estimate of drug-likeness (QED) is 0.865. The average Bonchev–Trinajstić information content (AvgIpc) is 2.55. The summed E-state index contributed by atoms with van der Waals surface area (Å²) in [6.45, 7) is 6.61. The van der Waals surface area contributed by atoms with Crippen molar-refractivity contribution < 1.29 is 0 Å². The van der Waals surface area contributed by atoms with Crippen LogP contribution in [0.15, 0.2) is 18.2 Å². The molecule has 2 rings (SSSR count). The molecule has 0 amide bonds. The van der Waals surface area contributed by atoms with Crippen molar-refractivity contribution in [3.8, 4) is 0 Å². The number of nitrogens with zero attached hydrogens (tertiary/aromatic N) is 2. The van der Waals surface area contributed by atoms with E-state index in [2.05, 4.69) is 23.8 Å². The Bertz CT molecular complexity index is 422. The van der Waals surface area contributed by atoms with E-state index < -0.39 is 0 Å². The first kappa shape index (κ1) is 14.6. The summed E-state index contributed by atoms with van der Waals surface area (Å²) < 4.78 is 0. The van der Waals surface area contributed by atoms with Gasteiger partial charge in [0.05, 0.1) is 0 Å². The summed E-state index contributed by atoms with van der Waals surface area (Å²) in [4.78, 5) is 4.97. The summed E-state index contributed by atoms with van der Waals surface area (Å²) in [6, 6.07) is 6.37. The van der Waals surface area contributed by atoms with E-state index in [1.165, 1.54) is 19.4 Å². The van der Waals surface area contributed by atoms with Gasteiger partial charge < -0.3 is 10.6 Å². The summed E-state index contributed by atoms with van der Waals surface area (Å²) in [5.74, 6) is 0. The lowest BCUT2D eigenvalue weighted by Gasteiger charge is -2.30. The van der Waals surface area contributed by atoms with Crippen molar-refractivity contribution in [2.24, 2.45) is 0 Å². The third kappa shape index (κ3) is 3.85. The van der Waals surface area contributed by atoms with Gasteiger partial charge in [-0.05, 0) is 50.2 Å². The van der Waals surface area contributed by atoms with Crippen molar-refractivity contribution in [2.45, 2.75) is 32.4 Å². The van der Waals surface area contributed by atoms with Crippen molar-refractivity contribution in [1.29, 1.82) is 0 Å². The predicted molar refractivity (Wildman–Crippen MR) is 82.5 cm³/mol. The SMILES string of the molecule is CCC1CN(C)CCCN1Cc1cc(N)ccc1Cl. The van der Waals surface area contributed by atoms with Gasteiger partial charge in [0, 0.05) is 36.4 Å². The molecule has 1 atom stereocenters. The fraction of sp³-hybridized carbons (Fsp3) is 0.600. The topological polar surface area (TPSA) is 32.5 Å². The number of benzene rings is 1. The Balaban J connectivity index is 2.13. The molecule has 0 aromatic heterocycles. The number of anilines is 1. The molecule has 0 saturated carbocycles. The van der Waals surface area contributed by atoms with Gasteiger partial charge in [-0.15, -0.1) is 0 Å². The molecule has 1 aliphatic rings. The number of rotatable bonds is 3. The van der Waals surface area contributed by atoms with Gasteiger partial charge in [0.2, 0.25) is 0 Å². The van der Waals surface area contributed by atoms with Gasteiger partial charge in [-0.2, -0.15) is 0 Å². The van der Waals surface area contributed by atoms with Crippen LogP contribution >= 0.6 is 11.6 Å². The van der Waals surface area contributed by atoms with E-state index in [0.717, 1.165) is 35.9 Å². The lowest BCUT2D eigenvalue weighted by molar-refractivity contribution is 0.176. The molecule has 1 saturated heterocycles. The van der Waals surface area contributed by atoms with Crippen molar-refractivity contribution in [2.75, 3.05) is 32.4 Å². The molecule has 3 nitrogen and oxygen atoms in total. The number of hydrogen-bond acceptors (Lipinski definition) is 3. The largest absolute Gasteiger partial charge is 0.399 e. The molecule has 1 aliphatic heterocycles. The average molecular weight is 282 g/mol. The van der Waals surface area contributed by atoms with E-state index in [9.17, 15) is 0 Å². The first-order valence-electron chi connectivity index (χ1n) is 7.06. The molecule has 2 N–H and O–H groups in total. The van der Waals surface area contributed by atoms with Gasteiger partial charge in [-0.3, -0.25) is 4.90 Å². The monoisotopic (exact) mass is 281 g/mol. The van der Waals surface area contributed by atoms with Crippen LogP contribution in [-0.2, 0) is 6.54 Å². The molecule has 1 aromatic rings. The van der Waals surface area contributed by atoms with E-state index in [4.69, 9.17) is 17.3 Å². The molecule has 19 heavy (non-hydrogen) atoms. The van der Waals surface area contributed by atoms with Gasteiger partial charge in [-0.25, -0.2) is 0 Å². The van der Waals surface area contributed by atoms with Gasteiger partial charge in [0.1, 0.15) is 0 Å². The maximum absolute atomic E-state index is 6.28. The molecule has 0 radical (unpaired) electrons. The van der Waals surface area contributed by atoms with Gasteiger partial charge >= 0.3 is 0 Å². The summed E-state index contributed by atoms with van der Waals surface area (Å²) in [5, 5.41) is 0.821. The number of halogens is 1. The highest BCUT2D eigenvalue weighted by molar-refractivity contribution is 6.31. The van der Waals surface area contributed by atoms with E-state index >= 15 is 0 Å². The molecule has 1 unspecified atom stereocenters. The molecule has 0 aliphatic carbocycles. The Morgan fingerprint density at radius 1 is 1.37 bits per heavy atom. The van der Waals surface area contributed by atoms with Crippen molar-refractivity contribution in [3.05, 3.63) is 28.8 Å². The van der Waals surface area contributed by atoms with Crippen LogP contribution in [-0.4, -0.2) is 42.5 Å². The van der Waals surface area contributed by atoms with Crippen LogP contribution in [0.2, 0.25) is 5.02 Å². The fourth-order valence-corrected chi connectivity index (χ4v) is 3.00. The van der Waals surface area contributed by atoms with Crippen LogP contribution in [0.5, 0.6) is 0 Å². The summed E-state index contributed by atoms with van der Waals surface area (Å²) in [5.41, 5.74) is 7.80. The summed E-state index contributed by atoms with van der Waals surface area (Å²) >= 11 is 6.28. The third-order valence-electron chi connectivity index (χ3n) is 3.94. The number of hydrogen-bond donors (Lipinski definition) is 1. The summed E-state index contributed by atoms with van der Waals surface area (Å²) in [7, 11) is 2.21. The van der Waals surface area contributed by atoms with Gasteiger partial charge in [-0.1, -0.05) is 18.5 Å². The molecule has 0 spiro atoms. The first-order valence-corrected chi connectivity index (χ1v) is 7.44. The van der Waals surface area contributed by atoms with Gasteiger partial charge in [0.15, 0.2) is 0 Å². The van der Waals surface area contributed by atoms with Crippen LogP contribution in [0.3, 0.4) is 0 Å². The number of likely N-dealkylation sites (N-methyl/N-ethyl adjacent to an activating group) is 1. The smallest absolute Gasteiger partial charge is 0.0452 e. The van der Waals surface area contributed by atoms with E-state index in [0.29, 0.717) is 6.04 Å². The molecule has 4 heteroatoms. The van der Waals surface area contributed by atoms with Crippen LogP contribution in [0.4, 0.5) is 5.69 Å². The minimum absolute atomic E-state index is 0.602. The molecule has 106 valence electrons. The Morgan fingerprint density at radius 2 is 2.16 bits per heavy atom. The minimum atomic E-state index is 0.602. The Morgan fingerprint density at radius 3 is 2.89 bits per heavy atom. The molecular weight excluding hydrogens is 258 g/mol. The van der Waals surface area contributed by atoms with E-state index in [1.807, 2.05) is 18.2 Å². The third-order valence-corrected chi connectivity index (χ3v) is 4.31. The zero-order valence-corrected chi connectivity index (χ0v) is 12.7. The van der Waals surface area contributed by atoms with Crippen LogP contribution in [0.1, 0.15) is 25.3 Å². The normalized spacial score (nSPS) is 22.4. The lowest BCUT2D eigenvalue weighted by Crippen LogP contribution is -2.39. The van der Waals surface area contributed by atoms with Crippen LogP contribution in [0, 0.1) is 0 Å². The minimum Gasteiger partial charge on any atom is -0.399 e. The van der Waals surface area contributed by atoms with Gasteiger partial charge in [0.25, 0.3) is 0 Å². The summed E-state index contributed by atoms with van der Waals surface area (Å²) in [6.07, 6.45) is 2.39. The molecule has 0 bridgehead atoms. The maximum Gasteiger partial charge on any atom is 0.0452 e. The Kier molecular flexibility index (Phi) is 5.08. The number of nitrogen functional groups attached to an aromatic ring is 1. The second-order valence-corrected chi connectivity index (χ2v) is 5.91. The lowest BCUT2D eigenvalue weighted by atomic mass is 10.1. The standard InChI is InChI=1S/C15H24ClN3/c1-3-14-11-18(2)7-4-8-19(14)10-12-9-13(17)5-6-15(12)16/h5-6,9,14H,3-4,7-8,10-11,17H2,1-2H3. The van der Waals surface area contributed by atoms with Crippen LogP contribution in [0.25, 0.3) is 0 Å². The predicted octanol–water partition coefficient (Wildman–Crippen LogP) is 2.84. The van der Waals surface area contributed by atoms with Crippen molar-refractivity contribution in [3.63, 3.8) is 0 Å². The highest BCUT2D eigenvalue weighted by Crippen LogP contribution is 2.23. The van der Waals surface area contributed by atoms with E-state index in [1.54, 1.807) is 0 Å². The highest BCUT2D eigenvalue weighted by Gasteiger charge is 2.22. The zero-order chi connectivity index (χ0) is 13.8. The molecular formula is C15H24ClN3. The molecule has 1 heterocycles. The highest BCUT2D eigenvalue weighted by atomic mass is 35.5. The second kappa shape index (κ2) is 6.60. The zero-order valence-electron chi connectivity index (χ0n) is 11.9. The number of nitrogens with two attached hydrogens (primary N) is 1. The fourth-order valence-electron chi connectivity index (χ4n) is 2.82. The molecule has 1 fully saturated rings. The maximum atomic E-state index is 6.28. The second-order valence-electron chi connectivity index (χ2n) is 5.50. The van der Waals surface area contributed by atoms with Crippen molar-refractivity contribution >= 4 is 17.3 Å². The Hall–Kier alpha value is -0.770. The van der Waals surface area contributed by atoms with Crippen LogP contribution < -0.4 is 5.73 Å². The molecule has 1 aromatic carbocycles. The van der Waals surface area contributed by atoms with E-state index in [-0.39, 0.29) is 0 Å². The Labute approximate surface area is 121 Å². The first-order chi connectivity index (χ1) is 9.10. The van der Waals surface area contributed by atoms with Crippen molar-refractivity contribution in [1.82, 2.24) is 9.80 Å².